The molecule has 0 unspecified atom stereocenters. The molecule has 6 heteroatoms. The van der Waals surface area contributed by atoms with Gasteiger partial charge in [0.1, 0.15) is 5.82 Å². The highest BCUT2D eigenvalue weighted by atomic mass is 32.1. The zero-order valence-electron chi connectivity index (χ0n) is 11.8. The lowest BCUT2D eigenvalue weighted by atomic mass is 9.86. The smallest absolute Gasteiger partial charge is 0.306 e. The molecule has 1 aliphatic rings. The zero-order chi connectivity index (χ0) is 15.7. The van der Waals surface area contributed by atoms with Gasteiger partial charge in [-0.1, -0.05) is 0 Å². The van der Waals surface area contributed by atoms with Crippen LogP contribution in [0.2, 0.25) is 0 Å². The fourth-order valence-corrected chi connectivity index (χ4v) is 3.81. The van der Waals surface area contributed by atoms with Gasteiger partial charge in [0.05, 0.1) is 10.8 Å². The largest absolute Gasteiger partial charge is 0.481 e. The number of carbonyl (C=O) groups is 2. The third-order valence-corrected chi connectivity index (χ3v) is 5.23. The second-order valence-corrected chi connectivity index (χ2v) is 6.74. The topological polar surface area (TPSA) is 66.4 Å². The molecule has 1 fully saturated rings. The summed E-state index contributed by atoms with van der Waals surface area (Å²) in [6.07, 6.45) is 2.56. The van der Waals surface area contributed by atoms with Crippen molar-refractivity contribution in [1.82, 2.24) is 5.32 Å². The molecule has 0 atom stereocenters. The number of aliphatic carboxylic acids is 1. The molecule has 1 aromatic heterocycles. The van der Waals surface area contributed by atoms with Crippen molar-refractivity contribution >= 4 is 33.3 Å². The van der Waals surface area contributed by atoms with E-state index in [1.165, 1.54) is 23.5 Å². The van der Waals surface area contributed by atoms with E-state index < -0.39 is 5.97 Å². The van der Waals surface area contributed by atoms with Crippen molar-refractivity contribution in [2.75, 3.05) is 0 Å². The lowest BCUT2D eigenvalue weighted by Crippen LogP contribution is -2.38. The second kappa shape index (κ2) is 6.04. The molecule has 1 heterocycles. The highest BCUT2D eigenvalue weighted by Gasteiger charge is 2.27. The van der Waals surface area contributed by atoms with Crippen molar-refractivity contribution in [3.05, 3.63) is 35.0 Å². The van der Waals surface area contributed by atoms with Crippen LogP contribution in [0.15, 0.2) is 24.3 Å². The van der Waals surface area contributed by atoms with Crippen LogP contribution in [-0.4, -0.2) is 23.0 Å². The van der Waals surface area contributed by atoms with E-state index in [9.17, 15) is 14.0 Å². The number of nitrogens with one attached hydrogen (secondary N) is 1. The Labute approximate surface area is 130 Å². The fourth-order valence-electron chi connectivity index (χ4n) is 2.87. The minimum Gasteiger partial charge on any atom is -0.481 e. The first kappa shape index (κ1) is 15.0. The first-order valence-electron chi connectivity index (χ1n) is 7.25. The molecule has 3 rings (SSSR count). The van der Waals surface area contributed by atoms with Gasteiger partial charge in [0.25, 0.3) is 5.91 Å². The van der Waals surface area contributed by atoms with Gasteiger partial charge in [-0.15, -0.1) is 11.3 Å². The van der Waals surface area contributed by atoms with Crippen LogP contribution in [0.3, 0.4) is 0 Å². The Balaban J connectivity index is 1.65. The van der Waals surface area contributed by atoms with Gasteiger partial charge in [-0.2, -0.15) is 0 Å². The van der Waals surface area contributed by atoms with Crippen LogP contribution in [0.5, 0.6) is 0 Å². The van der Waals surface area contributed by atoms with Gasteiger partial charge in [-0.3, -0.25) is 9.59 Å². The molecule has 0 radical (unpaired) electrons. The maximum absolute atomic E-state index is 13.2. The van der Waals surface area contributed by atoms with E-state index in [1.807, 2.05) is 0 Å². The number of hydrogen-bond acceptors (Lipinski definition) is 3. The van der Waals surface area contributed by atoms with E-state index in [2.05, 4.69) is 5.32 Å². The number of thiophene rings is 1. The molecule has 1 aliphatic carbocycles. The van der Waals surface area contributed by atoms with Gasteiger partial charge >= 0.3 is 5.97 Å². The SMILES string of the molecule is O=C(NC1CCC(C(=O)O)CC1)c1cc2cc(F)ccc2s1. The van der Waals surface area contributed by atoms with Crippen LogP contribution in [0, 0.1) is 11.7 Å². The minimum atomic E-state index is -0.753. The first-order chi connectivity index (χ1) is 10.5. The maximum atomic E-state index is 13.2. The quantitative estimate of drug-likeness (QED) is 0.910. The normalized spacial score (nSPS) is 21.7. The molecule has 2 N–H and O–H groups in total. The maximum Gasteiger partial charge on any atom is 0.306 e. The summed E-state index contributed by atoms with van der Waals surface area (Å²) in [5.74, 6) is -1.53. The van der Waals surface area contributed by atoms with Crippen LogP contribution in [-0.2, 0) is 4.79 Å². The summed E-state index contributed by atoms with van der Waals surface area (Å²) in [5, 5.41) is 12.7. The Bertz CT molecular complexity index is 719. The summed E-state index contributed by atoms with van der Waals surface area (Å²) in [5.41, 5.74) is 0. The predicted octanol–water partition coefficient (Wildman–Crippen LogP) is 3.41. The molecule has 2 aromatic rings. The van der Waals surface area contributed by atoms with Gasteiger partial charge in [0.2, 0.25) is 0 Å². The van der Waals surface area contributed by atoms with Gasteiger partial charge in [-0.25, -0.2) is 4.39 Å². The minimum absolute atomic E-state index is 0.0186. The number of halogens is 1. The molecule has 1 saturated carbocycles. The highest BCUT2D eigenvalue weighted by Crippen LogP contribution is 2.28. The molecular weight excluding hydrogens is 305 g/mol. The third-order valence-electron chi connectivity index (χ3n) is 4.11. The summed E-state index contributed by atoms with van der Waals surface area (Å²) in [7, 11) is 0. The molecule has 0 aliphatic heterocycles. The van der Waals surface area contributed by atoms with Crippen molar-refractivity contribution in [3.63, 3.8) is 0 Å². The highest BCUT2D eigenvalue weighted by molar-refractivity contribution is 7.20. The summed E-state index contributed by atoms with van der Waals surface area (Å²) in [6.45, 7) is 0. The van der Waals surface area contributed by atoms with E-state index in [1.54, 1.807) is 12.1 Å². The van der Waals surface area contributed by atoms with E-state index >= 15 is 0 Å². The van der Waals surface area contributed by atoms with Crippen LogP contribution in [0.25, 0.3) is 10.1 Å². The third kappa shape index (κ3) is 3.11. The molecule has 0 bridgehead atoms. The Morgan fingerprint density at radius 1 is 1.18 bits per heavy atom. The molecule has 4 nitrogen and oxygen atoms in total. The first-order valence-corrected chi connectivity index (χ1v) is 8.07. The average molecular weight is 321 g/mol. The summed E-state index contributed by atoms with van der Waals surface area (Å²) >= 11 is 1.34. The average Bonchev–Trinajstić information content (AvgIpc) is 2.91. The van der Waals surface area contributed by atoms with E-state index in [0.29, 0.717) is 30.6 Å². The van der Waals surface area contributed by atoms with Crippen molar-refractivity contribution in [1.29, 1.82) is 0 Å². The van der Waals surface area contributed by atoms with Crippen LogP contribution in [0.4, 0.5) is 4.39 Å². The number of carboxylic acid groups (broad SMARTS) is 1. The van der Waals surface area contributed by atoms with E-state index in [4.69, 9.17) is 5.11 Å². The van der Waals surface area contributed by atoms with Crippen molar-refractivity contribution in [3.8, 4) is 0 Å². The van der Waals surface area contributed by atoms with Crippen LogP contribution in [0.1, 0.15) is 35.4 Å². The van der Waals surface area contributed by atoms with Gasteiger partial charge in [0, 0.05) is 10.7 Å². The summed E-state index contributed by atoms with van der Waals surface area (Å²) < 4.78 is 14.1. The number of rotatable bonds is 3. The van der Waals surface area contributed by atoms with Crippen molar-refractivity contribution in [2.24, 2.45) is 5.92 Å². The Morgan fingerprint density at radius 3 is 2.59 bits per heavy atom. The molecule has 1 aromatic carbocycles. The molecular formula is C16H16FNO3S. The summed E-state index contributed by atoms with van der Waals surface area (Å²) in [6, 6.07) is 6.19. The van der Waals surface area contributed by atoms with Crippen molar-refractivity contribution in [2.45, 2.75) is 31.7 Å². The summed E-state index contributed by atoms with van der Waals surface area (Å²) in [4.78, 5) is 23.7. The number of benzene rings is 1. The van der Waals surface area contributed by atoms with Crippen LogP contribution < -0.4 is 5.32 Å². The van der Waals surface area contributed by atoms with Gasteiger partial charge in [-0.05, 0) is 55.3 Å². The van der Waals surface area contributed by atoms with Crippen LogP contribution >= 0.6 is 11.3 Å². The monoisotopic (exact) mass is 321 g/mol. The zero-order valence-corrected chi connectivity index (χ0v) is 12.7. The Kier molecular flexibility index (Phi) is 4.11. The molecule has 1 amide bonds. The molecule has 0 spiro atoms. The number of carboxylic acids is 1. The lowest BCUT2D eigenvalue weighted by Gasteiger charge is -2.26. The number of amides is 1. The van der Waals surface area contributed by atoms with Gasteiger partial charge in [0.15, 0.2) is 0 Å². The number of hydrogen-bond donors (Lipinski definition) is 2. The Hall–Kier alpha value is -1.95. The lowest BCUT2D eigenvalue weighted by molar-refractivity contribution is -0.142. The van der Waals surface area contributed by atoms with Crippen molar-refractivity contribution < 1.29 is 19.1 Å². The van der Waals surface area contributed by atoms with E-state index in [-0.39, 0.29) is 23.7 Å². The van der Waals surface area contributed by atoms with Gasteiger partial charge < -0.3 is 10.4 Å². The fraction of sp³-hybridized carbons (Fsp3) is 0.375. The predicted molar refractivity (Wildman–Crippen MR) is 82.6 cm³/mol. The van der Waals surface area contributed by atoms with E-state index in [0.717, 1.165) is 10.1 Å². The second-order valence-electron chi connectivity index (χ2n) is 5.65. The number of fused-ring (bicyclic) bond motifs is 1. The number of carbonyl (C=O) groups excluding carboxylic acids is 1. The molecule has 0 saturated heterocycles. The molecule has 116 valence electrons. The molecule has 22 heavy (non-hydrogen) atoms. The Morgan fingerprint density at radius 2 is 1.91 bits per heavy atom. The standard InChI is InChI=1S/C16H16FNO3S/c17-11-3-6-13-10(7-11)8-14(22-13)15(19)18-12-4-1-9(2-5-12)16(20)21/h3,6-9,12H,1-2,4-5H2,(H,18,19)(H,20,21).